The summed E-state index contributed by atoms with van der Waals surface area (Å²) in [6.07, 6.45) is 0.654. The van der Waals surface area contributed by atoms with E-state index in [0.717, 1.165) is 23.2 Å². The number of methoxy groups -OCH3 is 1. The fourth-order valence-corrected chi connectivity index (χ4v) is 3.89. The van der Waals surface area contributed by atoms with Crippen molar-refractivity contribution in [1.82, 2.24) is 4.90 Å². The van der Waals surface area contributed by atoms with Crippen molar-refractivity contribution in [3.63, 3.8) is 0 Å². The van der Waals surface area contributed by atoms with Gasteiger partial charge in [-0.15, -0.1) is 0 Å². The molecule has 0 saturated carbocycles. The van der Waals surface area contributed by atoms with Gasteiger partial charge in [-0.05, 0) is 36.1 Å². The predicted octanol–water partition coefficient (Wildman–Crippen LogP) is 3.53. The van der Waals surface area contributed by atoms with Gasteiger partial charge in [-0.2, -0.15) is 0 Å². The summed E-state index contributed by atoms with van der Waals surface area (Å²) in [5.41, 5.74) is 1.21. The first-order chi connectivity index (χ1) is 13.6. The van der Waals surface area contributed by atoms with Gasteiger partial charge in [0.15, 0.2) is 0 Å². The zero-order valence-electron chi connectivity index (χ0n) is 15.9. The number of nitrogens with zero attached hydrogens (tertiary/aromatic N) is 1. The molecule has 1 N–H and O–H groups in total. The molecule has 28 heavy (non-hydrogen) atoms. The van der Waals surface area contributed by atoms with E-state index in [-0.39, 0.29) is 19.1 Å². The Labute approximate surface area is 164 Å². The third kappa shape index (κ3) is 4.51. The van der Waals surface area contributed by atoms with Gasteiger partial charge in [0.25, 0.3) is 0 Å². The Hall–Kier alpha value is -2.86. The van der Waals surface area contributed by atoms with E-state index in [4.69, 9.17) is 9.47 Å². The highest BCUT2D eigenvalue weighted by Crippen LogP contribution is 2.37. The van der Waals surface area contributed by atoms with Crippen molar-refractivity contribution < 1.29 is 24.2 Å². The lowest BCUT2D eigenvalue weighted by Crippen LogP contribution is -2.48. The van der Waals surface area contributed by atoms with Crippen LogP contribution in [-0.4, -0.2) is 47.7 Å². The number of carbonyl (C=O) groups excluding carboxylic acids is 1. The third-order valence-electron chi connectivity index (χ3n) is 5.28. The third-order valence-corrected chi connectivity index (χ3v) is 5.28. The van der Waals surface area contributed by atoms with Crippen LogP contribution in [0.3, 0.4) is 0 Å². The van der Waals surface area contributed by atoms with Gasteiger partial charge in [-0.3, -0.25) is 4.90 Å². The zero-order chi connectivity index (χ0) is 20.0. The second-order valence-electron chi connectivity index (χ2n) is 7.14. The summed E-state index contributed by atoms with van der Waals surface area (Å²) < 4.78 is 11.2. The highest BCUT2D eigenvalue weighted by Gasteiger charge is 2.48. The molecular weight excluding hydrogens is 358 g/mol. The molecule has 0 radical (unpaired) electrons. The fraction of sp³-hybridized carbons (Fsp3) is 0.364. The lowest BCUT2D eigenvalue weighted by Gasteiger charge is -2.35. The van der Waals surface area contributed by atoms with Crippen LogP contribution in [0.2, 0.25) is 0 Å². The molecule has 2 atom stereocenters. The number of ether oxygens (including phenoxy) is 2. The Morgan fingerprint density at radius 3 is 2.50 bits per heavy atom. The average molecular weight is 383 g/mol. The molecule has 1 fully saturated rings. The number of likely N-dealkylation sites (tertiary alicyclic amines) is 1. The van der Waals surface area contributed by atoms with E-state index >= 15 is 0 Å². The molecule has 1 saturated heterocycles. The number of carboxylic acid groups (broad SMARTS) is 1. The van der Waals surface area contributed by atoms with Gasteiger partial charge < -0.3 is 19.4 Å². The normalized spacial score (nSPS) is 21.5. The monoisotopic (exact) mass is 383 g/mol. The molecule has 1 amide bonds. The minimum Gasteiger partial charge on any atom is -0.497 e. The molecule has 0 spiro atoms. The van der Waals surface area contributed by atoms with Crippen molar-refractivity contribution in [2.24, 2.45) is 0 Å². The number of rotatable bonds is 8. The van der Waals surface area contributed by atoms with Crippen LogP contribution in [0.5, 0.6) is 5.75 Å². The first-order valence-electron chi connectivity index (χ1n) is 9.29. The predicted molar refractivity (Wildman–Crippen MR) is 104 cm³/mol. The second-order valence-corrected chi connectivity index (χ2v) is 7.14. The van der Waals surface area contributed by atoms with Crippen molar-refractivity contribution in [2.75, 3.05) is 13.7 Å². The van der Waals surface area contributed by atoms with Crippen LogP contribution in [0.1, 0.15) is 24.0 Å². The van der Waals surface area contributed by atoms with E-state index in [1.165, 1.54) is 4.90 Å². The first kappa shape index (κ1) is 19.9. The molecule has 0 unspecified atom stereocenters. The smallest absolute Gasteiger partial charge is 0.407 e. The standard InChI is InChI=1S/C22H25NO5/c1-27-19-9-7-18(8-10-19)16-28-20-14-22(11-12-24,23(15-20)21(25)26)13-17-5-3-2-4-6-17/h2-10,12,20H,11,13-16H2,1H3,(H,25,26)/t20-,22+/m1/s1. The van der Waals surface area contributed by atoms with Crippen LogP contribution in [0.25, 0.3) is 0 Å². The van der Waals surface area contributed by atoms with Gasteiger partial charge >= 0.3 is 6.09 Å². The van der Waals surface area contributed by atoms with Gasteiger partial charge in [-0.1, -0.05) is 42.5 Å². The van der Waals surface area contributed by atoms with E-state index in [1.54, 1.807) is 7.11 Å². The van der Waals surface area contributed by atoms with Gasteiger partial charge in [-0.25, -0.2) is 4.79 Å². The number of aldehydes is 1. The molecule has 6 nitrogen and oxygen atoms in total. The molecule has 1 aliphatic heterocycles. The molecular formula is C22H25NO5. The summed E-state index contributed by atoms with van der Waals surface area (Å²) in [4.78, 5) is 24.7. The highest BCUT2D eigenvalue weighted by atomic mass is 16.5. The van der Waals surface area contributed by atoms with E-state index in [0.29, 0.717) is 19.4 Å². The van der Waals surface area contributed by atoms with Crippen LogP contribution in [0.4, 0.5) is 4.79 Å². The van der Waals surface area contributed by atoms with Crippen molar-refractivity contribution in [1.29, 1.82) is 0 Å². The Kier molecular flexibility index (Phi) is 6.31. The van der Waals surface area contributed by atoms with E-state index in [2.05, 4.69) is 0 Å². The van der Waals surface area contributed by atoms with Crippen molar-refractivity contribution in [2.45, 2.75) is 37.5 Å². The fourth-order valence-electron chi connectivity index (χ4n) is 3.89. The number of amides is 1. The Balaban J connectivity index is 1.73. The molecule has 2 aromatic carbocycles. The maximum Gasteiger partial charge on any atom is 0.407 e. The van der Waals surface area contributed by atoms with Crippen molar-refractivity contribution >= 4 is 12.4 Å². The summed E-state index contributed by atoms with van der Waals surface area (Å²) in [6, 6.07) is 17.2. The topological polar surface area (TPSA) is 76.1 Å². The average Bonchev–Trinajstić information content (AvgIpc) is 3.06. The molecule has 2 aromatic rings. The zero-order valence-corrected chi connectivity index (χ0v) is 15.9. The largest absolute Gasteiger partial charge is 0.497 e. The lowest BCUT2D eigenvalue weighted by atomic mass is 9.85. The molecule has 1 aliphatic rings. The molecule has 1 heterocycles. The van der Waals surface area contributed by atoms with E-state index < -0.39 is 11.6 Å². The lowest BCUT2D eigenvalue weighted by molar-refractivity contribution is -0.109. The molecule has 3 rings (SSSR count). The minimum absolute atomic E-state index is 0.149. The Bertz CT molecular complexity index is 792. The maximum atomic E-state index is 11.9. The summed E-state index contributed by atoms with van der Waals surface area (Å²) in [5.74, 6) is 0.773. The molecule has 0 bridgehead atoms. The first-order valence-corrected chi connectivity index (χ1v) is 9.29. The van der Waals surface area contributed by atoms with Gasteiger partial charge in [0.1, 0.15) is 12.0 Å². The van der Waals surface area contributed by atoms with Crippen molar-refractivity contribution in [3.8, 4) is 5.75 Å². The van der Waals surface area contributed by atoms with E-state index in [9.17, 15) is 14.7 Å². The van der Waals surface area contributed by atoms with Crippen LogP contribution < -0.4 is 4.74 Å². The van der Waals surface area contributed by atoms with Crippen LogP contribution in [0.15, 0.2) is 54.6 Å². The summed E-state index contributed by atoms with van der Waals surface area (Å²) in [5, 5.41) is 9.75. The van der Waals surface area contributed by atoms with Gasteiger partial charge in [0.05, 0.1) is 31.9 Å². The number of hydrogen-bond acceptors (Lipinski definition) is 4. The summed E-state index contributed by atoms with van der Waals surface area (Å²) in [7, 11) is 1.61. The number of carbonyl (C=O) groups is 2. The van der Waals surface area contributed by atoms with Crippen LogP contribution >= 0.6 is 0 Å². The Morgan fingerprint density at radius 2 is 1.89 bits per heavy atom. The SMILES string of the molecule is COc1ccc(CO[C@H]2CN(C(=O)O)[C@@](CC=O)(Cc3ccccc3)C2)cc1. The van der Waals surface area contributed by atoms with E-state index in [1.807, 2.05) is 54.6 Å². The quantitative estimate of drug-likeness (QED) is 0.706. The Morgan fingerprint density at radius 1 is 1.18 bits per heavy atom. The maximum absolute atomic E-state index is 11.9. The van der Waals surface area contributed by atoms with Gasteiger partial charge in [0, 0.05) is 6.42 Å². The van der Waals surface area contributed by atoms with Crippen molar-refractivity contribution in [3.05, 3.63) is 65.7 Å². The minimum atomic E-state index is -1.02. The molecule has 0 aromatic heterocycles. The molecule has 6 heteroatoms. The van der Waals surface area contributed by atoms with Crippen LogP contribution in [-0.2, 0) is 22.6 Å². The molecule has 0 aliphatic carbocycles. The highest BCUT2D eigenvalue weighted by molar-refractivity contribution is 5.68. The molecule has 148 valence electrons. The number of hydrogen-bond donors (Lipinski definition) is 1. The summed E-state index contributed by atoms with van der Waals surface area (Å²) >= 11 is 0. The van der Waals surface area contributed by atoms with Gasteiger partial charge in [0.2, 0.25) is 0 Å². The summed E-state index contributed by atoms with van der Waals surface area (Å²) in [6.45, 7) is 0.636. The second kappa shape index (κ2) is 8.89. The number of benzene rings is 2. The van der Waals surface area contributed by atoms with Crippen LogP contribution in [0, 0.1) is 0 Å².